The molecular formula is C13H11F3N2O. The van der Waals surface area contributed by atoms with E-state index in [1.807, 2.05) is 6.92 Å². The summed E-state index contributed by atoms with van der Waals surface area (Å²) in [5.74, 6) is -4.60. The first-order chi connectivity index (χ1) is 9.04. The lowest BCUT2D eigenvalue weighted by Gasteiger charge is -2.06. The van der Waals surface area contributed by atoms with Crippen LogP contribution in [0.1, 0.15) is 23.1 Å². The highest BCUT2D eigenvalue weighted by Crippen LogP contribution is 2.17. The van der Waals surface area contributed by atoms with Crippen molar-refractivity contribution >= 4 is 5.78 Å². The second kappa shape index (κ2) is 5.26. The summed E-state index contributed by atoms with van der Waals surface area (Å²) in [4.78, 5) is 15.9. The Morgan fingerprint density at radius 1 is 1.26 bits per heavy atom. The fraction of sp³-hybridized carbons (Fsp3) is 0.231. The van der Waals surface area contributed by atoms with Crippen LogP contribution >= 0.6 is 0 Å². The molecule has 0 bridgehead atoms. The average Bonchev–Trinajstić information content (AvgIpc) is 2.83. The molecule has 0 unspecified atom stereocenters. The van der Waals surface area contributed by atoms with Crippen LogP contribution in [0.3, 0.4) is 0 Å². The predicted molar refractivity (Wildman–Crippen MR) is 62.3 cm³/mol. The third-order valence-electron chi connectivity index (χ3n) is 2.80. The molecule has 0 atom stereocenters. The van der Waals surface area contributed by atoms with E-state index in [2.05, 4.69) is 4.98 Å². The lowest BCUT2D eigenvalue weighted by atomic mass is 10.1. The Balaban J connectivity index is 2.28. The molecule has 0 fully saturated rings. The monoisotopic (exact) mass is 268 g/mol. The third-order valence-corrected chi connectivity index (χ3v) is 2.80. The van der Waals surface area contributed by atoms with Gasteiger partial charge in [0.05, 0.1) is 12.0 Å². The van der Waals surface area contributed by atoms with Gasteiger partial charge in [0.25, 0.3) is 0 Å². The van der Waals surface area contributed by atoms with Gasteiger partial charge in [-0.1, -0.05) is 0 Å². The van der Waals surface area contributed by atoms with E-state index in [0.717, 1.165) is 12.1 Å². The van der Waals surface area contributed by atoms with Gasteiger partial charge in [-0.2, -0.15) is 0 Å². The SMILES string of the molecule is CCn1ccnc1CC(=O)c1ccc(F)c(F)c1F. The van der Waals surface area contributed by atoms with E-state index in [9.17, 15) is 18.0 Å². The Bertz CT molecular complexity index is 622. The zero-order chi connectivity index (χ0) is 14.0. The largest absolute Gasteiger partial charge is 0.335 e. The molecule has 19 heavy (non-hydrogen) atoms. The van der Waals surface area contributed by atoms with Crippen molar-refractivity contribution in [3.05, 3.63) is 53.4 Å². The number of nitrogens with zero attached hydrogens (tertiary/aromatic N) is 2. The maximum absolute atomic E-state index is 13.5. The van der Waals surface area contributed by atoms with E-state index in [4.69, 9.17) is 0 Å². The smallest absolute Gasteiger partial charge is 0.195 e. The Hall–Kier alpha value is -2.11. The fourth-order valence-corrected chi connectivity index (χ4v) is 1.78. The first-order valence-corrected chi connectivity index (χ1v) is 5.71. The van der Waals surface area contributed by atoms with Crippen LogP contribution in [0.5, 0.6) is 0 Å². The van der Waals surface area contributed by atoms with Crippen LogP contribution in [0.4, 0.5) is 13.2 Å². The summed E-state index contributed by atoms with van der Waals surface area (Å²) < 4.78 is 41.0. The van der Waals surface area contributed by atoms with Crippen LogP contribution in [0.15, 0.2) is 24.5 Å². The summed E-state index contributed by atoms with van der Waals surface area (Å²) in [6, 6.07) is 1.67. The molecule has 100 valence electrons. The van der Waals surface area contributed by atoms with Gasteiger partial charge in [-0.25, -0.2) is 18.2 Å². The van der Waals surface area contributed by atoms with Crippen molar-refractivity contribution in [2.75, 3.05) is 0 Å². The van der Waals surface area contributed by atoms with E-state index in [0.29, 0.717) is 12.4 Å². The van der Waals surface area contributed by atoms with E-state index in [-0.39, 0.29) is 6.42 Å². The molecular weight excluding hydrogens is 257 g/mol. The van der Waals surface area contributed by atoms with Gasteiger partial charge in [0, 0.05) is 18.9 Å². The minimum absolute atomic E-state index is 0.164. The lowest BCUT2D eigenvalue weighted by molar-refractivity contribution is 0.0984. The number of hydrogen-bond donors (Lipinski definition) is 0. The number of halogens is 3. The van der Waals surface area contributed by atoms with Crippen LogP contribution in [0, 0.1) is 17.5 Å². The molecule has 3 nitrogen and oxygen atoms in total. The summed E-state index contributed by atoms with van der Waals surface area (Å²) in [6.45, 7) is 2.48. The van der Waals surface area contributed by atoms with Gasteiger partial charge >= 0.3 is 0 Å². The molecule has 2 rings (SSSR count). The van der Waals surface area contributed by atoms with Gasteiger partial charge in [0.15, 0.2) is 23.2 Å². The zero-order valence-corrected chi connectivity index (χ0v) is 10.2. The molecule has 0 amide bonds. The number of carbonyl (C=O) groups is 1. The molecule has 0 spiro atoms. The van der Waals surface area contributed by atoms with Crippen LogP contribution in [-0.2, 0) is 13.0 Å². The number of benzene rings is 1. The van der Waals surface area contributed by atoms with Gasteiger partial charge < -0.3 is 4.57 Å². The number of aromatic nitrogens is 2. The Morgan fingerprint density at radius 3 is 2.68 bits per heavy atom. The van der Waals surface area contributed by atoms with Gasteiger partial charge in [0.2, 0.25) is 0 Å². The first-order valence-electron chi connectivity index (χ1n) is 5.71. The van der Waals surface area contributed by atoms with Crippen LogP contribution < -0.4 is 0 Å². The van der Waals surface area contributed by atoms with Crippen molar-refractivity contribution in [1.29, 1.82) is 0 Å². The highest BCUT2D eigenvalue weighted by Gasteiger charge is 2.20. The van der Waals surface area contributed by atoms with Crippen molar-refractivity contribution in [3.63, 3.8) is 0 Å². The van der Waals surface area contributed by atoms with Crippen molar-refractivity contribution in [1.82, 2.24) is 9.55 Å². The van der Waals surface area contributed by atoms with E-state index in [1.165, 1.54) is 6.20 Å². The summed E-state index contributed by atoms with van der Waals surface area (Å²) in [5, 5.41) is 0. The highest BCUT2D eigenvalue weighted by molar-refractivity contribution is 5.97. The van der Waals surface area contributed by atoms with Crippen molar-refractivity contribution in [2.45, 2.75) is 19.9 Å². The van der Waals surface area contributed by atoms with E-state index < -0.39 is 28.8 Å². The van der Waals surface area contributed by atoms with E-state index >= 15 is 0 Å². The van der Waals surface area contributed by atoms with Gasteiger partial charge in [0.1, 0.15) is 5.82 Å². The number of rotatable bonds is 4. The molecule has 0 aliphatic heterocycles. The van der Waals surface area contributed by atoms with E-state index in [1.54, 1.807) is 10.8 Å². The topological polar surface area (TPSA) is 34.9 Å². The summed E-state index contributed by atoms with van der Waals surface area (Å²) >= 11 is 0. The van der Waals surface area contributed by atoms with Gasteiger partial charge in [-0.05, 0) is 19.1 Å². The normalized spacial score (nSPS) is 10.7. The van der Waals surface area contributed by atoms with Crippen molar-refractivity contribution < 1.29 is 18.0 Å². The molecule has 0 N–H and O–H groups in total. The molecule has 0 saturated heterocycles. The number of imidazole rings is 1. The fourth-order valence-electron chi connectivity index (χ4n) is 1.78. The number of carbonyl (C=O) groups excluding carboxylic acids is 1. The third kappa shape index (κ3) is 2.52. The molecule has 1 heterocycles. The quantitative estimate of drug-likeness (QED) is 0.631. The minimum atomic E-state index is -1.63. The molecule has 0 aliphatic carbocycles. The second-order valence-corrected chi connectivity index (χ2v) is 3.95. The maximum Gasteiger partial charge on any atom is 0.195 e. The van der Waals surface area contributed by atoms with Crippen LogP contribution in [0.2, 0.25) is 0 Å². The highest BCUT2D eigenvalue weighted by atomic mass is 19.2. The maximum atomic E-state index is 13.5. The van der Waals surface area contributed by atoms with Gasteiger partial charge in [-0.3, -0.25) is 4.79 Å². The molecule has 0 aliphatic rings. The number of hydrogen-bond acceptors (Lipinski definition) is 2. The molecule has 0 radical (unpaired) electrons. The number of Topliss-reactive ketones (excluding diaryl/α,β-unsaturated/α-hetero) is 1. The molecule has 1 aromatic heterocycles. The molecule has 6 heteroatoms. The Morgan fingerprint density at radius 2 is 2.00 bits per heavy atom. The molecule has 0 saturated carbocycles. The zero-order valence-electron chi connectivity index (χ0n) is 10.2. The first kappa shape index (κ1) is 13.3. The van der Waals surface area contributed by atoms with Crippen LogP contribution in [-0.4, -0.2) is 15.3 Å². The summed E-state index contributed by atoms with van der Waals surface area (Å²) in [6.07, 6.45) is 3.04. The van der Waals surface area contributed by atoms with Crippen molar-refractivity contribution in [3.8, 4) is 0 Å². The minimum Gasteiger partial charge on any atom is -0.335 e. The lowest BCUT2D eigenvalue weighted by Crippen LogP contribution is -2.12. The second-order valence-electron chi connectivity index (χ2n) is 3.95. The predicted octanol–water partition coefficient (Wildman–Crippen LogP) is 2.75. The molecule has 1 aromatic carbocycles. The average molecular weight is 268 g/mol. The van der Waals surface area contributed by atoms with Gasteiger partial charge in [-0.15, -0.1) is 0 Å². The summed E-state index contributed by atoms with van der Waals surface area (Å²) in [5.41, 5.74) is -0.468. The standard InChI is InChI=1S/C13H11F3N2O/c1-2-18-6-5-17-11(18)7-10(19)8-3-4-9(14)13(16)12(8)15/h3-6H,2,7H2,1H3. The van der Waals surface area contributed by atoms with Crippen molar-refractivity contribution in [2.24, 2.45) is 0 Å². The number of aryl methyl sites for hydroxylation is 1. The molecule has 2 aromatic rings. The Kier molecular flexibility index (Phi) is 3.69. The Labute approximate surface area is 107 Å². The number of ketones is 1. The summed E-state index contributed by atoms with van der Waals surface area (Å²) in [7, 11) is 0. The van der Waals surface area contributed by atoms with Crippen LogP contribution in [0.25, 0.3) is 0 Å².